The van der Waals surface area contributed by atoms with E-state index < -0.39 is 0 Å². The first kappa shape index (κ1) is 16.2. The Morgan fingerprint density at radius 1 is 1.20 bits per heavy atom. The molecule has 112 valence electrons. The zero-order chi connectivity index (χ0) is 15.0. The van der Waals surface area contributed by atoms with Gasteiger partial charge >= 0.3 is 0 Å². The lowest BCUT2D eigenvalue weighted by atomic mass is 10.1. The van der Waals surface area contributed by atoms with E-state index in [2.05, 4.69) is 22.3 Å². The Bertz CT molecular complexity index is 461. The maximum absolute atomic E-state index is 8.86. The van der Waals surface area contributed by atoms with E-state index >= 15 is 0 Å². The molecule has 0 aliphatic rings. The van der Waals surface area contributed by atoms with Gasteiger partial charge in [-0.05, 0) is 25.8 Å². The van der Waals surface area contributed by atoms with Gasteiger partial charge in [-0.1, -0.05) is 37.8 Å². The fourth-order valence-electron chi connectivity index (χ4n) is 1.91. The van der Waals surface area contributed by atoms with Crippen molar-refractivity contribution in [3.05, 3.63) is 16.8 Å². The Balaban J connectivity index is 2.68. The van der Waals surface area contributed by atoms with Crippen molar-refractivity contribution in [2.45, 2.75) is 52.9 Å². The second-order valence-corrected chi connectivity index (χ2v) is 4.84. The lowest BCUT2D eigenvalue weighted by Gasteiger charge is -2.12. The first-order chi connectivity index (χ1) is 9.61. The number of hydrogen-bond acceptors (Lipinski definition) is 5. The maximum Gasteiger partial charge on any atom is 0.244 e. The average molecular weight is 280 g/mol. The summed E-state index contributed by atoms with van der Waals surface area (Å²) >= 11 is 0. The summed E-state index contributed by atoms with van der Waals surface area (Å²) in [5.74, 6) is 0.334. The molecule has 1 rings (SSSR count). The van der Waals surface area contributed by atoms with Crippen LogP contribution in [0.15, 0.2) is 5.16 Å². The molecule has 0 unspecified atom stereocenters. The summed E-state index contributed by atoms with van der Waals surface area (Å²) in [7, 11) is 0. The van der Waals surface area contributed by atoms with Gasteiger partial charge in [0.05, 0.1) is 17.9 Å². The third-order valence-electron chi connectivity index (χ3n) is 3.27. The van der Waals surface area contributed by atoms with Crippen LogP contribution in [0.1, 0.15) is 55.8 Å². The van der Waals surface area contributed by atoms with Crippen molar-refractivity contribution in [1.82, 2.24) is 10.2 Å². The standard InChI is InChI=1S/C14H24N4O2/c1-4-5-6-7-8-9-20-14-12(13(15)18-19)10(2)11(3)16-17-14/h19H,4-9H2,1-3H3,(H2,15,18). The molecule has 0 spiro atoms. The monoisotopic (exact) mass is 280 g/mol. The second kappa shape index (κ2) is 8.35. The molecular formula is C14H24N4O2. The molecule has 3 N–H and O–H groups in total. The van der Waals surface area contributed by atoms with Crippen LogP contribution < -0.4 is 10.5 Å². The smallest absolute Gasteiger partial charge is 0.244 e. The number of unbranched alkanes of at least 4 members (excludes halogenated alkanes) is 4. The highest BCUT2D eigenvalue weighted by Crippen LogP contribution is 2.20. The number of hydrogen-bond donors (Lipinski definition) is 2. The number of amidine groups is 1. The number of aromatic nitrogens is 2. The Kier molecular flexibility index (Phi) is 6.76. The van der Waals surface area contributed by atoms with E-state index in [-0.39, 0.29) is 5.84 Å². The predicted octanol–water partition coefficient (Wildman–Crippen LogP) is 2.54. The van der Waals surface area contributed by atoms with Crippen molar-refractivity contribution in [3.8, 4) is 5.88 Å². The first-order valence-electron chi connectivity index (χ1n) is 7.06. The first-order valence-corrected chi connectivity index (χ1v) is 7.06. The highest BCUT2D eigenvalue weighted by Gasteiger charge is 2.16. The lowest BCUT2D eigenvalue weighted by molar-refractivity contribution is 0.287. The molecule has 0 saturated heterocycles. The summed E-state index contributed by atoms with van der Waals surface area (Å²) in [5.41, 5.74) is 7.76. The Labute approximate surface area is 120 Å². The SMILES string of the molecule is CCCCCCCOc1nnc(C)c(C)c1/C(N)=N/O. The summed E-state index contributed by atoms with van der Waals surface area (Å²) < 4.78 is 5.63. The average Bonchev–Trinajstić information content (AvgIpc) is 2.45. The van der Waals surface area contributed by atoms with Crippen LogP contribution in [-0.2, 0) is 0 Å². The molecule has 0 aliphatic carbocycles. The van der Waals surface area contributed by atoms with Gasteiger partial charge in [-0.15, -0.1) is 5.10 Å². The number of nitrogens with zero attached hydrogens (tertiary/aromatic N) is 3. The van der Waals surface area contributed by atoms with Gasteiger partial charge in [0, 0.05) is 0 Å². The molecule has 0 amide bonds. The van der Waals surface area contributed by atoms with E-state index in [0.29, 0.717) is 18.1 Å². The van der Waals surface area contributed by atoms with E-state index in [4.69, 9.17) is 15.7 Å². The quantitative estimate of drug-likeness (QED) is 0.251. The number of rotatable bonds is 8. The van der Waals surface area contributed by atoms with Crippen LogP contribution in [-0.4, -0.2) is 27.8 Å². The summed E-state index contributed by atoms with van der Waals surface area (Å²) in [6.07, 6.45) is 5.77. The minimum Gasteiger partial charge on any atom is -0.476 e. The lowest BCUT2D eigenvalue weighted by Crippen LogP contribution is -2.19. The van der Waals surface area contributed by atoms with Crippen molar-refractivity contribution >= 4 is 5.84 Å². The van der Waals surface area contributed by atoms with Gasteiger partial charge in [0.15, 0.2) is 5.84 Å². The van der Waals surface area contributed by atoms with Crippen LogP contribution in [0.5, 0.6) is 5.88 Å². The molecule has 1 aromatic rings. The molecule has 0 bridgehead atoms. The molecule has 20 heavy (non-hydrogen) atoms. The third kappa shape index (κ3) is 4.36. The van der Waals surface area contributed by atoms with Gasteiger partial charge in [-0.25, -0.2) is 0 Å². The number of ether oxygens (including phenoxy) is 1. The topological polar surface area (TPSA) is 93.6 Å². The van der Waals surface area contributed by atoms with Gasteiger partial charge in [-0.3, -0.25) is 0 Å². The minimum absolute atomic E-state index is 0.00137. The molecular weight excluding hydrogens is 256 g/mol. The maximum atomic E-state index is 8.86. The van der Waals surface area contributed by atoms with Gasteiger partial charge in [-0.2, -0.15) is 5.10 Å². The molecule has 0 saturated carbocycles. The van der Waals surface area contributed by atoms with Crippen LogP contribution in [0, 0.1) is 13.8 Å². The Morgan fingerprint density at radius 3 is 2.55 bits per heavy atom. The van der Waals surface area contributed by atoms with E-state index in [1.165, 1.54) is 19.3 Å². The molecule has 0 aliphatic heterocycles. The molecule has 6 heteroatoms. The molecule has 0 atom stereocenters. The molecule has 0 radical (unpaired) electrons. The second-order valence-electron chi connectivity index (χ2n) is 4.84. The van der Waals surface area contributed by atoms with Crippen molar-refractivity contribution in [2.75, 3.05) is 6.61 Å². The van der Waals surface area contributed by atoms with Crippen molar-refractivity contribution in [2.24, 2.45) is 10.9 Å². The summed E-state index contributed by atoms with van der Waals surface area (Å²) in [6, 6.07) is 0. The largest absolute Gasteiger partial charge is 0.476 e. The van der Waals surface area contributed by atoms with Gasteiger partial charge < -0.3 is 15.7 Å². The van der Waals surface area contributed by atoms with Crippen molar-refractivity contribution in [3.63, 3.8) is 0 Å². The predicted molar refractivity (Wildman–Crippen MR) is 78.3 cm³/mol. The summed E-state index contributed by atoms with van der Waals surface area (Å²) in [6.45, 7) is 6.42. The molecule has 1 aromatic heterocycles. The Morgan fingerprint density at radius 2 is 1.90 bits per heavy atom. The summed E-state index contributed by atoms with van der Waals surface area (Å²) in [5, 5.41) is 19.9. The van der Waals surface area contributed by atoms with Gasteiger partial charge in [0.2, 0.25) is 5.88 Å². The number of nitrogens with two attached hydrogens (primary N) is 1. The number of oxime groups is 1. The molecule has 1 heterocycles. The highest BCUT2D eigenvalue weighted by atomic mass is 16.5. The van der Waals surface area contributed by atoms with Crippen LogP contribution in [0.2, 0.25) is 0 Å². The van der Waals surface area contributed by atoms with E-state index in [1.807, 2.05) is 13.8 Å². The zero-order valence-electron chi connectivity index (χ0n) is 12.5. The number of aryl methyl sites for hydroxylation is 1. The van der Waals surface area contributed by atoms with Crippen molar-refractivity contribution < 1.29 is 9.94 Å². The van der Waals surface area contributed by atoms with E-state index in [0.717, 1.165) is 24.1 Å². The fourth-order valence-corrected chi connectivity index (χ4v) is 1.91. The molecule has 6 nitrogen and oxygen atoms in total. The normalized spacial score (nSPS) is 11.7. The molecule has 0 aromatic carbocycles. The van der Waals surface area contributed by atoms with Crippen LogP contribution in [0.25, 0.3) is 0 Å². The van der Waals surface area contributed by atoms with E-state index in [1.54, 1.807) is 0 Å². The van der Waals surface area contributed by atoms with Crippen LogP contribution in [0.4, 0.5) is 0 Å². The van der Waals surface area contributed by atoms with Gasteiger partial charge in [0.25, 0.3) is 0 Å². The van der Waals surface area contributed by atoms with E-state index in [9.17, 15) is 0 Å². The molecule has 0 fully saturated rings. The van der Waals surface area contributed by atoms with Crippen LogP contribution in [0.3, 0.4) is 0 Å². The van der Waals surface area contributed by atoms with Crippen LogP contribution >= 0.6 is 0 Å². The fraction of sp³-hybridized carbons (Fsp3) is 0.643. The minimum atomic E-state index is 0.00137. The summed E-state index contributed by atoms with van der Waals surface area (Å²) in [4.78, 5) is 0. The zero-order valence-corrected chi connectivity index (χ0v) is 12.5. The van der Waals surface area contributed by atoms with Gasteiger partial charge in [0.1, 0.15) is 0 Å². The van der Waals surface area contributed by atoms with Crippen molar-refractivity contribution in [1.29, 1.82) is 0 Å². The Hall–Kier alpha value is -1.85. The highest BCUT2D eigenvalue weighted by molar-refractivity contribution is 6.00. The third-order valence-corrected chi connectivity index (χ3v) is 3.27.